The normalized spacial score (nSPS) is 13.6. The number of carbonyl (C=O) groups excluding carboxylic acids is 2. The molecule has 21 heavy (non-hydrogen) atoms. The van der Waals surface area contributed by atoms with Crippen LogP contribution < -0.4 is 14.8 Å². The van der Waals surface area contributed by atoms with Gasteiger partial charge in [0, 0.05) is 17.5 Å². The molecule has 0 fully saturated rings. The van der Waals surface area contributed by atoms with Crippen LogP contribution in [0.1, 0.15) is 13.3 Å². The van der Waals surface area contributed by atoms with Gasteiger partial charge in [-0.3, -0.25) is 9.59 Å². The van der Waals surface area contributed by atoms with Crippen molar-refractivity contribution in [2.24, 2.45) is 0 Å². The molecule has 1 N–H and O–H groups in total. The Bertz CT molecular complexity index is 534. The Kier molecular flexibility index (Phi) is 5.32. The number of hydrogen-bond acceptors (Lipinski definition) is 6. The van der Waals surface area contributed by atoms with Crippen molar-refractivity contribution < 1.29 is 23.8 Å². The number of rotatable bonds is 6. The molecular weight excluding hydrogens is 294 g/mol. The molecule has 0 aromatic heterocycles. The van der Waals surface area contributed by atoms with Gasteiger partial charge in [0.1, 0.15) is 0 Å². The van der Waals surface area contributed by atoms with Crippen molar-refractivity contribution >= 4 is 29.3 Å². The van der Waals surface area contributed by atoms with Crippen molar-refractivity contribution in [3.8, 4) is 11.5 Å². The number of amides is 1. The summed E-state index contributed by atoms with van der Waals surface area (Å²) in [5.74, 6) is 1.45. The number of nitrogens with one attached hydrogen (secondary N) is 1. The molecule has 0 saturated carbocycles. The van der Waals surface area contributed by atoms with E-state index in [0.29, 0.717) is 29.4 Å². The van der Waals surface area contributed by atoms with E-state index < -0.39 is 0 Å². The second-order valence-corrected chi connectivity index (χ2v) is 5.85. The van der Waals surface area contributed by atoms with Gasteiger partial charge >= 0.3 is 5.97 Å². The number of fused-ring (bicyclic) bond motifs is 1. The van der Waals surface area contributed by atoms with E-state index in [1.807, 2.05) is 0 Å². The van der Waals surface area contributed by atoms with Gasteiger partial charge in [-0.1, -0.05) is 0 Å². The lowest BCUT2D eigenvalue weighted by atomic mass is 10.2. The molecule has 0 aliphatic carbocycles. The van der Waals surface area contributed by atoms with E-state index in [4.69, 9.17) is 9.47 Å². The standard InChI is InChI=1S/C14H17NO5S/c1-9(21-6-5-13(16)18-2)14(17)15-10-3-4-11-12(7-10)20-8-19-11/h3-4,7,9H,5-6,8H2,1-2H3,(H,15,17)/t9-/m1/s1. The maximum Gasteiger partial charge on any atom is 0.306 e. The van der Waals surface area contributed by atoms with E-state index in [2.05, 4.69) is 10.1 Å². The van der Waals surface area contributed by atoms with Crippen molar-refractivity contribution in [3.63, 3.8) is 0 Å². The summed E-state index contributed by atoms with van der Waals surface area (Å²) >= 11 is 1.40. The predicted octanol–water partition coefficient (Wildman–Crippen LogP) is 2.04. The van der Waals surface area contributed by atoms with Crippen LogP contribution in [-0.4, -0.2) is 36.8 Å². The van der Waals surface area contributed by atoms with Crippen LogP contribution in [0.3, 0.4) is 0 Å². The number of carbonyl (C=O) groups is 2. The highest BCUT2D eigenvalue weighted by molar-refractivity contribution is 8.00. The van der Waals surface area contributed by atoms with Crippen LogP contribution in [0.15, 0.2) is 18.2 Å². The summed E-state index contributed by atoms with van der Waals surface area (Å²) in [5, 5.41) is 2.55. The third-order valence-electron chi connectivity index (χ3n) is 2.91. The minimum Gasteiger partial charge on any atom is -0.469 e. The molecular formula is C14H17NO5S. The summed E-state index contributed by atoms with van der Waals surface area (Å²) < 4.78 is 15.0. The molecule has 1 aromatic carbocycles. The molecule has 2 rings (SSSR count). The van der Waals surface area contributed by atoms with E-state index in [-0.39, 0.29) is 23.9 Å². The Morgan fingerprint density at radius 1 is 1.38 bits per heavy atom. The Morgan fingerprint density at radius 3 is 2.90 bits per heavy atom. The van der Waals surface area contributed by atoms with Gasteiger partial charge in [0.2, 0.25) is 12.7 Å². The quantitative estimate of drug-likeness (QED) is 0.810. The molecule has 1 aliphatic rings. The number of methoxy groups -OCH3 is 1. The molecule has 1 amide bonds. The van der Waals surface area contributed by atoms with Crippen molar-refractivity contribution in [2.45, 2.75) is 18.6 Å². The zero-order valence-corrected chi connectivity index (χ0v) is 12.7. The first-order valence-electron chi connectivity index (χ1n) is 6.49. The van der Waals surface area contributed by atoms with E-state index in [9.17, 15) is 9.59 Å². The smallest absolute Gasteiger partial charge is 0.306 e. The molecule has 0 spiro atoms. The zero-order chi connectivity index (χ0) is 15.2. The molecule has 0 saturated heterocycles. The van der Waals surface area contributed by atoms with Gasteiger partial charge in [0.05, 0.1) is 18.8 Å². The molecule has 0 radical (unpaired) electrons. The summed E-state index contributed by atoms with van der Waals surface area (Å²) in [7, 11) is 1.35. The molecule has 7 heteroatoms. The lowest BCUT2D eigenvalue weighted by Gasteiger charge is -2.12. The minimum atomic E-state index is -0.272. The summed E-state index contributed by atoms with van der Waals surface area (Å²) in [6, 6.07) is 5.25. The summed E-state index contributed by atoms with van der Waals surface area (Å²) in [4.78, 5) is 23.0. The van der Waals surface area contributed by atoms with Crippen molar-refractivity contribution in [1.82, 2.24) is 0 Å². The first-order chi connectivity index (χ1) is 10.1. The van der Waals surface area contributed by atoms with E-state index >= 15 is 0 Å². The van der Waals surface area contributed by atoms with Gasteiger partial charge < -0.3 is 19.5 Å². The molecule has 1 heterocycles. The number of thioether (sulfide) groups is 1. The summed E-state index contributed by atoms with van der Waals surface area (Å²) in [6.45, 7) is 2.00. The molecule has 1 aliphatic heterocycles. The Labute approximate surface area is 127 Å². The van der Waals surface area contributed by atoms with Crippen LogP contribution in [0.25, 0.3) is 0 Å². The summed E-state index contributed by atoms with van der Waals surface area (Å²) in [5.41, 5.74) is 0.657. The van der Waals surface area contributed by atoms with Crippen LogP contribution >= 0.6 is 11.8 Å². The first kappa shape index (κ1) is 15.5. The molecule has 1 aromatic rings. The highest BCUT2D eigenvalue weighted by Crippen LogP contribution is 2.34. The van der Waals surface area contributed by atoms with Crippen LogP contribution in [0.5, 0.6) is 11.5 Å². The zero-order valence-electron chi connectivity index (χ0n) is 11.9. The van der Waals surface area contributed by atoms with Gasteiger partial charge in [-0.25, -0.2) is 0 Å². The summed E-state index contributed by atoms with van der Waals surface area (Å²) in [6.07, 6.45) is 0.294. The predicted molar refractivity (Wildman–Crippen MR) is 79.7 cm³/mol. The largest absolute Gasteiger partial charge is 0.469 e. The monoisotopic (exact) mass is 311 g/mol. The fourth-order valence-electron chi connectivity index (χ4n) is 1.71. The topological polar surface area (TPSA) is 73.9 Å². The van der Waals surface area contributed by atoms with Crippen molar-refractivity contribution in [2.75, 3.05) is 25.0 Å². The molecule has 0 unspecified atom stereocenters. The van der Waals surface area contributed by atoms with Gasteiger partial charge in [-0.15, -0.1) is 11.8 Å². The fraction of sp³-hybridized carbons (Fsp3) is 0.429. The van der Waals surface area contributed by atoms with E-state index in [1.165, 1.54) is 18.9 Å². The van der Waals surface area contributed by atoms with Gasteiger partial charge in [0.25, 0.3) is 0 Å². The van der Waals surface area contributed by atoms with E-state index in [0.717, 1.165) is 0 Å². The van der Waals surface area contributed by atoms with Gasteiger partial charge in [0.15, 0.2) is 11.5 Å². The van der Waals surface area contributed by atoms with Crippen LogP contribution in [0, 0.1) is 0 Å². The highest BCUT2D eigenvalue weighted by Gasteiger charge is 2.17. The van der Waals surface area contributed by atoms with Crippen molar-refractivity contribution in [1.29, 1.82) is 0 Å². The second kappa shape index (κ2) is 7.21. The number of benzene rings is 1. The van der Waals surface area contributed by atoms with Gasteiger partial charge in [-0.05, 0) is 19.1 Å². The second-order valence-electron chi connectivity index (χ2n) is 4.40. The average molecular weight is 311 g/mol. The Hall–Kier alpha value is -1.89. The molecule has 0 bridgehead atoms. The molecule has 114 valence electrons. The van der Waals surface area contributed by atoms with Crippen LogP contribution in [0.2, 0.25) is 0 Å². The average Bonchev–Trinajstić information content (AvgIpc) is 2.94. The number of anilines is 1. The van der Waals surface area contributed by atoms with Crippen LogP contribution in [-0.2, 0) is 14.3 Å². The van der Waals surface area contributed by atoms with Crippen LogP contribution in [0.4, 0.5) is 5.69 Å². The number of esters is 1. The Balaban J connectivity index is 1.82. The first-order valence-corrected chi connectivity index (χ1v) is 7.54. The minimum absolute atomic E-state index is 0.122. The lowest BCUT2D eigenvalue weighted by molar-refractivity contribution is -0.140. The fourth-order valence-corrected chi connectivity index (χ4v) is 2.56. The maximum atomic E-state index is 12.0. The lowest BCUT2D eigenvalue weighted by Crippen LogP contribution is -2.23. The van der Waals surface area contributed by atoms with Gasteiger partial charge in [-0.2, -0.15) is 0 Å². The Morgan fingerprint density at radius 2 is 2.14 bits per heavy atom. The van der Waals surface area contributed by atoms with E-state index in [1.54, 1.807) is 25.1 Å². The highest BCUT2D eigenvalue weighted by atomic mass is 32.2. The third kappa shape index (κ3) is 4.29. The maximum absolute atomic E-state index is 12.0. The molecule has 1 atom stereocenters. The SMILES string of the molecule is COC(=O)CCS[C@H](C)C(=O)Nc1ccc2c(c1)OCO2. The molecule has 6 nitrogen and oxygen atoms in total. The van der Waals surface area contributed by atoms with Crippen molar-refractivity contribution in [3.05, 3.63) is 18.2 Å². The third-order valence-corrected chi connectivity index (χ3v) is 4.06. The number of ether oxygens (including phenoxy) is 3. The number of hydrogen-bond donors (Lipinski definition) is 1.